The zero-order valence-corrected chi connectivity index (χ0v) is 11.2. The molecule has 0 aliphatic heterocycles. The number of unbranched alkanes of at least 4 members (excludes halogenated alkanes) is 3. The lowest BCUT2D eigenvalue weighted by atomic mass is 9.78. The first kappa shape index (κ1) is 15.0. The second-order valence-corrected chi connectivity index (χ2v) is 4.78. The predicted octanol–water partition coefficient (Wildman–Crippen LogP) is 4.53. The van der Waals surface area contributed by atoms with E-state index in [1.54, 1.807) is 0 Å². The molecule has 0 spiro atoms. The van der Waals surface area contributed by atoms with E-state index < -0.39 is 5.60 Å². The highest BCUT2D eigenvalue weighted by atomic mass is 16.3. The van der Waals surface area contributed by atoms with Crippen LogP contribution in [0, 0.1) is 5.92 Å². The van der Waals surface area contributed by atoms with Gasteiger partial charge in [0.1, 0.15) is 0 Å². The van der Waals surface area contributed by atoms with Crippen molar-refractivity contribution in [3.8, 4) is 0 Å². The molecule has 0 bridgehead atoms. The van der Waals surface area contributed by atoms with Crippen LogP contribution in [0.25, 0.3) is 0 Å². The molecule has 0 aromatic heterocycles. The molecule has 0 fully saturated rings. The molecule has 1 heteroatoms. The smallest absolute Gasteiger partial charge is 0.0673 e. The molecule has 0 heterocycles. The molecular weight excluding hydrogens is 184 g/mol. The summed E-state index contributed by atoms with van der Waals surface area (Å²) in [6.07, 6.45) is 9.16. The minimum absolute atomic E-state index is 0.392. The average Bonchev–Trinajstić information content (AvgIpc) is 2.26. The van der Waals surface area contributed by atoms with Crippen LogP contribution in [0.1, 0.15) is 79.1 Å². The fourth-order valence-corrected chi connectivity index (χ4v) is 2.58. The van der Waals surface area contributed by atoms with E-state index in [0.29, 0.717) is 5.92 Å². The largest absolute Gasteiger partial charge is 0.390 e. The van der Waals surface area contributed by atoms with Crippen molar-refractivity contribution in [2.45, 2.75) is 84.7 Å². The van der Waals surface area contributed by atoms with E-state index >= 15 is 0 Å². The Labute approximate surface area is 96.3 Å². The summed E-state index contributed by atoms with van der Waals surface area (Å²) in [6.45, 7) is 8.74. The fraction of sp³-hybridized carbons (Fsp3) is 1.00. The maximum Gasteiger partial charge on any atom is 0.0673 e. The number of hydrogen-bond donors (Lipinski definition) is 1. The summed E-state index contributed by atoms with van der Waals surface area (Å²) in [5.74, 6) is 0.490. The minimum Gasteiger partial charge on any atom is -0.390 e. The van der Waals surface area contributed by atoms with Gasteiger partial charge >= 0.3 is 0 Å². The van der Waals surface area contributed by atoms with Crippen molar-refractivity contribution in [1.29, 1.82) is 0 Å². The SMILES string of the molecule is CCCCCCC(O)(CC)C(CC)CC. The molecule has 0 aliphatic rings. The van der Waals surface area contributed by atoms with E-state index in [-0.39, 0.29) is 0 Å². The Kier molecular flexibility index (Phi) is 8.13. The fourth-order valence-electron chi connectivity index (χ4n) is 2.58. The van der Waals surface area contributed by atoms with Gasteiger partial charge in [-0.05, 0) is 18.8 Å². The van der Waals surface area contributed by atoms with Crippen molar-refractivity contribution in [1.82, 2.24) is 0 Å². The van der Waals surface area contributed by atoms with E-state index in [2.05, 4.69) is 27.7 Å². The molecule has 0 aromatic carbocycles. The van der Waals surface area contributed by atoms with Gasteiger partial charge in [-0.15, -0.1) is 0 Å². The maximum absolute atomic E-state index is 10.6. The zero-order chi connectivity index (χ0) is 11.7. The molecule has 1 unspecified atom stereocenters. The van der Waals surface area contributed by atoms with Crippen LogP contribution in [0.4, 0.5) is 0 Å². The van der Waals surface area contributed by atoms with Crippen molar-refractivity contribution in [3.05, 3.63) is 0 Å². The maximum atomic E-state index is 10.6. The lowest BCUT2D eigenvalue weighted by Crippen LogP contribution is -2.36. The van der Waals surface area contributed by atoms with Gasteiger partial charge in [0.2, 0.25) is 0 Å². The number of rotatable bonds is 9. The lowest BCUT2D eigenvalue weighted by Gasteiger charge is -2.34. The molecule has 0 saturated heterocycles. The van der Waals surface area contributed by atoms with Gasteiger partial charge in [0.05, 0.1) is 5.60 Å². The van der Waals surface area contributed by atoms with E-state index in [4.69, 9.17) is 0 Å². The van der Waals surface area contributed by atoms with Crippen LogP contribution in [0.3, 0.4) is 0 Å². The third-order valence-corrected chi connectivity index (χ3v) is 3.82. The summed E-state index contributed by atoms with van der Waals surface area (Å²) in [6, 6.07) is 0. The quantitative estimate of drug-likeness (QED) is 0.559. The van der Waals surface area contributed by atoms with Gasteiger partial charge in [-0.3, -0.25) is 0 Å². The second-order valence-electron chi connectivity index (χ2n) is 4.78. The van der Waals surface area contributed by atoms with Crippen molar-refractivity contribution >= 4 is 0 Å². The average molecular weight is 214 g/mol. The Bertz CT molecular complexity index is 140. The molecule has 92 valence electrons. The van der Waals surface area contributed by atoms with E-state index in [9.17, 15) is 5.11 Å². The number of aliphatic hydroxyl groups is 1. The van der Waals surface area contributed by atoms with Gasteiger partial charge < -0.3 is 5.11 Å². The zero-order valence-electron chi connectivity index (χ0n) is 11.2. The Morgan fingerprint density at radius 3 is 1.93 bits per heavy atom. The van der Waals surface area contributed by atoms with Gasteiger partial charge in [0.25, 0.3) is 0 Å². The third-order valence-electron chi connectivity index (χ3n) is 3.82. The molecule has 0 rings (SSSR count). The van der Waals surface area contributed by atoms with E-state index in [1.807, 2.05) is 0 Å². The van der Waals surface area contributed by atoms with Gasteiger partial charge in [-0.2, -0.15) is 0 Å². The molecule has 1 N–H and O–H groups in total. The first-order valence-electron chi connectivity index (χ1n) is 6.86. The standard InChI is InChI=1S/C14H30O/c1-5-9-10-11-12-14(15,8-4)13(6-2)7-3/h13,15H,5-12H2,1-4H3. The molecular formula is C14H30O. The van der Waals surface area contributed by atoms with Crippen molar-refractivity contribution < 1.29 is 5.11 Å². The summed E-state index contributed by atoms with van der Waals surface area (Å²) >= 11 is 0. The van der Waals surface area contributed by atoms with Crippen LogP contribution >= 0.6 is 0 Å². The molecule has 1 nitrogen and oxygen atoms in total. The number of hydrogen-bond acceptors (Lipinski definition) is 1. The summed E-state index contributed by atoms with van der Waals surface area (Å²) < 4.78 is 0. The first-order chi connectivity index (χ1) is 7.14. The van der Waals surface area contributed by atoms with Gasteiger partial charge in [-0.25, -0.2) is 0 Å². The summed E-state index contributed by atoms with van der Waals surface area (Å²) in [5, 5.41) is 10.6. The van der Waals surface area contributed by atoms with Gasteiger partial charge in [0.15, 0.2) is 0 Å². The van der Waals surface area contributed by atoms with Crippen molar-refractivity contribution in [2.24, 2.45) is 5.92 Å². The molecule has 0 saturated carbocycles. The monoisotopic (exact) mass is 214 g/mol. The Balaban J connectivity index is 4.05. The lowest BCUT2D eigenvalue weighted by molar-refractivity contribution is -0.0348. The van der Waals surface area contributed by atoms with Crippen LogP contribution in [-0.2, 0) is 0 Å². The van der Waals surface area contributed by atoms with Crippen LogP contribution in [0.15, 0.2) is 0 Å². The summed E-state index contributed by atoms with van der Waals surface area (Å²) in [4.78, 5) is 0. The second kappa shape index (κ2) is 8.15. The van der Waals surface area contributed by atoms with Crippen molar-refractivity contribution in [3.63, 3.8) is 0 Å². The van der Waals surface area contributed by atoms with Crippen LogP contribution in [0.2, 0.25) is 0 Å². The molecule has 0 amide bonds. The van der Waals surface area contributed by atoms with Crippen LogP contribution in [-0.4, -0.2) is 10.7 Å². The molecule has 0 aliphatic carbocycles. The summed E-state index contributed by atoms with van der Waals surface area (Å²) in [7, 11) is 0. The van der Waals surface area contributed by atoms with Gasteiger partial charge in [-0.1, -0.05) is 66.2 Å². The summed E-state index contributed by atoms with van der Waals surface area (Å²) in [5.41, 5.74) is -0.392. The minimum atomic E-state index is -0.392. The molecule has 0 radical (unpaired) electrons. The molecule has 1 atom stereocenters. The first-order valence-corrected chi connectivity index (χ1v) is 6.86. The van der Waals surface area contributed by atoms with E-state index in [1.165, 1.54) is 25.7 Å². The third kappa shape index (κ3) is 5.01. The highest BCUT2D eigenvalue weighted by Gasteiger charge is 2.31. The highest BCUT2D eigenvalue weighted by Crippen LogP contribution is 2.32. The van der Waals surface area contributed by atoms with E-state index in [0.717, 1.165) is 25.7 Å². The molecule has 15 heavy (non-hydrogen) atoms. The Morgan fingerprint density at radius 2 is 1.53 bits per heavy atom. The Morgan fingerprint density at radius 1 is 0.933 bits per heavy atom. The normalized spacial score (nSPS) is 15.6. The highest BCUT2D eigenvalue weighted by molar-refractivity contribution is 4.83. The Hall–Kier alpha value is -0.0400. The van der Waals surface area contributed by atoms with Crippen molar-refractivity contribution in [2.75, 3.05) is 0 Å². The van der Waals surface area contributed by atoms with Crippen LogP contribution in [0.5, 0.6) is 0 Å². The van der Waals surface area contributed by atoms with Gasteiger partial charge in [0, 0.05) is 0 Å². The predicted molar refractivity (Wildman–Crippen MR) is 68.1 cm³/mol. The molecule has 0 aromatic rings. The topological polar surface area (TPSA) is 20.2 Å². The van der Waals surface area contributed by atoms with Crippen LogP contribution < -0.4 is 0 Å².